The Morgan fingerprint density at radius 3 is 3.06 bits per heavy atom. The summed E-state index contributed by atoms with van der Waals surface area (Å²) in [4.78, 5) is 4.03. The van der Waals surface area contributed by atoms with Crippen molar-refractivity contribution >= 4 is 0 Å². The maximum Gasteiger partial charge on any atom is 0.144 e. The van der Waals surface area contributed by atoms with Crippen LogP contribution >= 0.6 is 0 Å². The van der Waals surface area contributed by atoms with E-state index in [9.17, 15) is 5.11 Å². The summed E-state index contributed by atoms with van der Waals surface area (Å²) in [7, 11) is 0. The van der Waals surface area contributed by atoms with Crippen molar-refractivity contribution in [3.05, 3.63) is 29.6 Å². The molecule has 1 aliphatic carbocycles. The van der Waals surface area contributed by atoms with E-state index in [1.807, 2.05) is 12.1 Å². The van der Waals surface area contributed by atoms with Gasteiger partial charge in [-0.15, -0.1) is 0 Å². The van der Waals surface area contributed by atoms with Gasteiger partial charge in [-0.3, -0.25) is 0 Å². The first-order chi connectivity index (χ1) is 8.81. The topological polar surface area (TPSA) is 68.9 Å². The van der Waals surface area contributed by atoms with Crippen molar-refractivity contribution in [2.24, 2.45) is 0 Å². The molecule has 2 rings (SSSR count). The number of nitrogens with one attached hydrogen (secondary N) is 1. The molecule has 2 N–H and O–H groups in total. The molecule has 4 heteroatoms. The van der Waals surface area contributed by atoms with E-state index in [1.54, 1.807) is 6.20 Å². The first-order valence-corrected chi connectivity index (χ1v) is 6.56. The normalized spacial score (nSPS) is 24.2. The first kappa shape index (κ1) is 13.0. The molecule has 0 aromatic carbocycles. The van der Waals surface area contributed by atoms with Gasteiger partial charge in [0, 0.05) is 24.3 Å². The Hall–Kier alpha value is -1.44. The van der Waals surface area contributed by atoms with Crippen molar-refractivity contribution in [3.63, 3.8) is 0 Å². The van der Waals surface area contributed by atoms with E-state index >= 15 is 0 Å². The molecule has 0 radical (unpaired) electrons. The number of pyridine rings is 1. The lowest BCUT2D eigenvalue weighted by atomic mass is 10.1. The standard InChI is InChI=1S/C14H19N3O/c15-9-13-11(5-4-8-16-13)10-17-12-6-2-1-3-7-14(12)18/h4-5,8,12,14,17-18H,1-3,6-7,10H2. The van der Waals surface area contributed by atoms with Crippen molar-refractivity contribution in [2.75, 3.05) is 0 Å². The maximum absolute atomic E-state index is 10.0. The smallest absolute Gasteiger partial charge is 0.144 e. The van der Waals surface area contributed by atoms with Gasteiger partial charge in [0.05, 0.1) is 6.10 Å². The van der Waals surface area contributed by atoms with Crippen molar-refractivity contribution in [1.29, 1.82) is 5.26 Å². The molecule has 1 heterocycles. The van der Waals surface area contributed by atoms with Crippen molar-refractivity contribution in [2.45, 2.75) is 50.8 Å². The minimum absolute atomic E-state index is 0.138. The lowest BCUT2D eigenvalue weighted by molar-refractivity contribution is 0.119. The second-order valence-electron chi connectivity index (χ2n) is 4.82. The third-order valence-corrected chi connectivity index (χ3v) is 3.53. The number of rotatable bonds is 3. The molecule has 0 amide bonds. The van der Waals surface area contributed by atoms with Crippen molar-refractivity contribution < 1.29 is 5.11 Å². The number of aliphatic hydroxyl groups excluding tert-OH is 1. The van der Waals surface area contributed by atoms with Gasteiger partial charge >= 0.3 is 0 Å². The summed E-state index contributed by atoms with van der Waals surface area (Å²) in [6, 6.07) is 5.97. The summed E-state index contributed by atoms with van der Waals surface area (Å²) in [6.07, 6.45) is 6.70. The second kappa shape index (κ2) is 6.48. The number of hydrogen-bond donors (Lipinski definition) is 2. The van der Waals surface area contributed by atoms with Gasteiger partial charge in [-0.2, -0.15) is 5.26 Å². The van der Waals surface area contributed by atoms with Crippen LogP contribution in [0.1, 0.15) is 43.4 Å². The average Bonchev–Trinajstić information content (AvgIpc) is 2.61. The Bertz CT molecular complexity index is 427. The fraction of sp³-hybridized carbons (Fsp3) is 0.571. The Morgan fingerprint density at radius 1 is 1.39 bits per heavy atom. The summed E-state index contributed by atoms with van der Waals surface area (Å²) in [5, 5.41) is 22.3. The molecule has 2 unspecified atom stereocenters. The predicted octanol–water partition coefficient (Wildman–Crippen LogP) is 1.74. The molecule has 96 valence electrons. The Labute approximate surface area is 108 Å². The number of nitriles is 1. The van der Waals surface area contributed by atoms with Crippen molar-refractivity contribution in [3.8, 4) is 6.07 Å². The molecule has 0 bridgehead atoms. The van der Waals surface area contributed by atoms with Crippen molar-refractivity contribution in [1.82, 2.24) is 10.3 Å². The maximum atomic E-state index is 10.0. The zero-order chi connectivity index (χ0) is 12.8. The highest BCUT2D eigenvalue weighted by Crippen LogP contribution is 2.18. The van der Waals surface area contributed by atoms with Gasteiger partial charge < -0.3 is 10.4 Å². The number of hydrogen-bond acceptors (Lipinski definition) is 4. The molecule has 1 aromatic heterocycles. The highest BCUT2D eigenvalue weighted by molar-refractivity contribution is 5.30. The van der Waals surface area contributed by atoms with Crippen LogP contribution in [0.4, 0.5) is 0 Å². The van der Waals surface area contributed by atoms with Crippen LogP contribution in [0.5, 0.6) is 0 Å². The molecule has 1 saturated carbocycles. The molecule has 1 aromatic rings. The largest absolute Gasteiger partial charge is 0.392 e. The zero-order valence-electron chi connectivity index (χ0n) is 10.5. The molecule has 18 heavy (non-hydrogen) atoms. The lowest BCUT2D eigenvalue weighted by Crippen LogP contribution is -2.38. The van der Waals surface area contributed by atoms with E-state index in [0.717, 1.165) is 31.2 Å². The van der Waals surface area contributed by atoms with Crippen LogP contribution in [0.3, 0.4) is 0 Å². The van der Waals surface area contributed by atoms with Gasteiger partial charge in [0.25, 0.3) is 0 Å². The second-order valence-corrected chi connectivity index (χ2v) is 4.82. The van der Waals surface area contributed by atoms with E-state index < -0.39 is 0 Å². The van der Waals surface area contributed by atoms with Gasteiger partial charge in [-0.25, -0.2) is 4.98 Å². The fourth-order valence-electron chi connectivity index (χ4n) is 2.45. The molecular weight excluding hydrogens is 226 g/mol. The third-order valence-electron chi connectivity index (χ3n) is 3.53. The van der Waals surface area contributed by atoms with Gasteiger partial charge in [-0.05, 0) is 18.9 Å². The van der Waals surface area contributed by atoms with Crippen LogP contribution in [0.15, 0.2) is 18.3 Å². The Kier molecular flexibility index (Phi) is 4.68. The summed E-state index contributed by atoms with van der Waals surface area (Å²) in [5.74, 6) is 0. The third kappa shape index (κ3) is 3.28. The number of nitrogens with zero attached hydrogens (tertiary/aromatic N) is 2. The van der Waals surface area contributed by atoms with Crippen LogP contribution in [0.2, 0.25) is 0 Å². The zero-order valence-corrected chi connectivity index (χ0v) is 10.5. The van der Waals surface area contributed by atoms with Crippen LogP contribution in [-0.4, -0.2) is 22.2 Å². The highest BCUT2D eigenvalue weighted by atomic mass is 16.3. The van der Waals surface area contributed by atoms with Gasteiger partial charge in [0.1, 0.15) is 11.8 Å². The van der Waals surface area contributed by atoms with E-state index in [-0.39, 0.29) is 12.1 Å². The van der Waals surface area contributed by atoms with Crippen LogP contribution < -0.4 is 5.32 Å². The molecule has 1 aliphatic rings. The first-order valence-electron chi connectivity index (χ1n) is 6.56. The SMILES string of the molecule is N#Cc1ncccc1CNC1CCCCCC1O. The minimum Gasteiger partial charge on any atom is -0.392 e. The van der Waals surface area contributed by atoms with Crippen LogP contribution in [0, 0.1) is 11.3 Å². The molecule has 2 atom stereocenters. The van der Waals surface area contributed by atoms with Crippen LogP contribution in [0.25, 0.3) is 0 Å². The molecular formula is C14H19N3O. The van der Waals surface area contributed by atoms with Gasteiger partial charge in [-0.1, -0.05) is 25.3 Å². The molecule has 0 aliphatic heterocycles. The molecule has 0 spiro atoms. The fourth-order valence-corrected chi connectivity index (χ4v) is 2.45. The molecule has 0 saturated heterocycles. The van der Waals surface area contributed by atoms with E-state index in [2.05, 4.69) is 16.4 Å². The number of aliphatic hydroxyl groups is 1. The summed E-state index contributed by atoms with van der Waals surface area (Å²) in [5.41, 5.74) is 1.37. The predicted molar refractivity (Wildman–Crippen MR) is 68.7 cm³/mol. The van der Waals surface area contributed by atoms with E-state index in [0.29, 0.717) is 12.2 Å². The lowest BCUT2D eigenvalue weighted by Gasteiger charge is -2.21. The molecule has 4 nitrogen and oxygen atoms in total. The summed E-state index contributed by atoms with van der Waals surface area (Å²) < 4.78 is 0. The van der Waals surface area contributed by atoms with Gasteiger partial charge in [0.15, 0.2) is 0 Å². The Morgan fingerprint density at radius 2 is 2.22 bits per heavy atom. The quantitative estimate of drug-likeness (QED) is 0.796. The number of aromatic nitrogens is 1. The average molecular weight is 245 g/mol. The van der Waals surface area contributed by atoms with Crippen LogP contribution in [-0.2, 0) is 6.54 Å². The highest BCUT2D eigenvalue weighted by Gasteiger charge is 2.21. The van der Waals surface area contributed by atoms with E-state index in [1.165, 1.54) is 6.42 Å². The summed E-state index contributed by atoms with van der Waals surface area (Å²) in [6.45, 7) is 0.596. The monoisotopic (exact) mass is 245 g/mol. The Balaban J connectivity index is 1.96. The van der Waals surface area contributed by atoms with E-state index in [4.69, 9.17) is 5.26 Å². The van der Waals surface area contributed by atoms with Gasteiger partial charge in [0.2, 0.25) is 0 Å². The summed E-state index contributed by atoms with van der Waals surface area (Å²) >= 11 is 0. The minimum atomic E-state index is -0.269. The molecule has 1 fully saturated rings.